The molecule has 0 saturated heterocycles. The van der Waals surface area contributed by atoms with Crippen molar-refractivity contribution in [3.05, 3.63) is 64.4 Å². The third kappa shape index (κ3) is 3.52. The van der Waals surface area contributed by atoms with Gasteiger partial charge in [0.1, 0.15) is 5.82 Å². The highest BCUT2D eigenvalue weighted by molar-refractivity contribution is 6.33. The van der Waals surface area contributed by atoms with Crippen molar-refractivity contribution < 1.29 is 9.18 Å². The summed E-state index contributed by atoms with van der Waals surface area (Å²) in [5, 5.41) is 3.30. The van der Waals surface area contributed by atoms with Gasteiger partial charge in [-0.15, -0.1) is 0 Å². The average Bonchev–Trinajstić information content (AvgIpc) is 2.41. The Balaban J connectivity index is 2.21. The van der Waals surface area contributed by atoms with Gasteiger partial charge in [-0.05, 0) is 49.7 Å². The van der Waals surface area contributed by atoms with Gasteiger partial charge in [0.2, 0.25) is 0 Å². The highest BCUT2D eigenvalue weighted by atomic mass is 35.5. The number of carbonyl (C=O) groups excluding carboxylic acids is 1. The summed E-state index contributed by atoms with van der Waals surface area (Å²) in [7, 11) is 0. The van der Waals surface area contributed by atoms with E-state index in [0.29, 0.717) is 16.3 Å². The normalized spacial score (nSPS) is 11.2. The van der Waals surface area contributed by atoms with Gasteiger partial charge in [0.25, 0.3) is 5.91 Å². The summed E-state index contributed by atoms with van der Waals surface area (Å²) in [6.45, 7) is 3.69. The van der Waals surface area contributed by atoms with Crippen molar-refractivity contribution in [2.75, 3.05) is 5.73 Å². The van der Waals surface area contributed by atoms with Gasteiger partial charge in [0, 0.05) is 5.56 Å². The Morgan fingerprint density at radius 2 is 1.81 bits per heavy atom. The quantitative estimate of drug-likeness (QED) is 0.849. The van der Waals surface area contributed by atoms with Gasteiger partial charge in [-0.25, -0.2) is 4.39 Å². The largest absolute Gasteiger partial charge is 0.398 e. The number of nitrogens with one attached hydrogen (secondary N) is 1. The van der Waals surface area contributed by atoms with Crippen LogP contribution in [0, 0.1) is 5.82 Å². The van der Waals surface area contributed by atoms with E-state index in [-0.39, 0.29) is 11.7 Å². The zero-order chi connectivity index (χ0) is 15.6. The van der Waals surface area contributed by atoms with E-state index < -0.39 is 5.54 Å². The molecule has 0 radical (unpaired) electrons. The predicted molar refractivity (Wildman–Crippen MR) is 82.8 cm³/mol. The topological polar surface area (TPSA) is 55.1 Å². The number of nitrogen functional groups attached to an aromatic ring is 1. The van der Waals surface area contributed by atoms with Crippen molar-refractivity contribution in [1.82, 2.24) is 5.32 Å². The van der Waals surface area contributed by atoms with Gasteiger partial charge in [0.05, 0.1) is 16.2 Å². The van der Waals surface area contributed by atoms with Crippen LogP contribution in [0.25, 0.3) is 0 Å². The van der Waals surface area contributed by atoms with Crippen LogP contribution in [-0.4, -0.2) is 5.91 Å². The molecule has 2 rings (SSSR count). The number of amides is 1. The molecular weight excluding hydrogens is 291 g/mol. The molecule has 110 valence electrons. The van der Waals surface area contributed by atoms with Crippen molar-refractivity contribution in [3.63, 3.8) is 0 Å². The lowest BCUT2D eigenvalue weighted by atomic mass is 9.94. The molecule has 0 heterocycles. The van der Waals surface area contributed by atoms with E-state index in [1.807, 2.05) is 13.8 Å². The van der Waals surface area contributed by atoms with E-state index in [4.69, 9.17) is 17.3 Å². The van der Waals surface area contributed by atoms with Gasteiger partial charge in [0.15, 0.2) is 0 Å². The van der Waals surface area contributed by atoms with Crippen LogP contribution in [0.2, 0.25) is 5.02 Å². The summed E-state index contributed by atoms with van der Waals surface area (Å²) in [4.78, 5) is 12.3. The summed E-state index contributed by atoms with van der Waals surface area (Å²) < 4.78 is 13.0. The molecule has 0 atom stereocenters. The maximum absolute atomic E-state index is 13.0. The number of hydrogen-bond donors (Lipinski definition) is 2. The minimum Gasteiger partial charge on any atom is -0.398 e. The molecule has 3 nitrogen and oxygen atoms in total. The Bertz CT molecular complexity index is 668. The van der Waals surface area contributed by atoms with E-state index in [1.54, 1.807) is 24.3 Å². The molecular formula is C16H16ClFN2O. The van der Waals surface area contributed by atoms with Crippen molar-refractivity contribution in [2.45, 2.75) is 19.4 Å². The molecule has 0 aliphatic heterocycles. The molecule has 0 saturated carbocycles. The van der Waals surface area contributed by atoms with Crippen LogP contribution < -0.4 is 11.1 Å². The number of anilines is 1. The minimum atomic E-state index is -0.640. The molecule has 0 aliphatic rings. The number of hydrogen-bond acceptors (Lipinski definition) is 2. The Labute approximate surface area is 127 Å². The first kappa shape index (κ1) is 15.3. The lowest BCUT2D eigenvalue weighted by Gasteiger charge is -2.27. The van der Waals surface area contributed by atoms with Gasteiger partial charge >= 0.3 is 0 Å². The highest BCUT2D eigenvalue weighted by Gasteiger charge is 2.23. The maximum atomic E-state index is 13.0. The van der Waals surface area contributed by atoms with Crippen molar-refractivity contribution in [3.8, 4) is 0 Å². The second-order valence-electron chi connectivity index (χ2n) is 5.32. The van der Waals surface area contributed by atoms with Crippen LogP contribution >= 0.6 is 11.6 Å². The zero-order valence-electron chi connectivity index (χ0n) is 11.8. The summed E-state index contributed by atoms with van der Waals surface area (Å²) >= 11 is 5.84. The van der Waals surface area contributed by atoms with E-state index >= 15 is 0 Å². The highest BCUT2D eigenvalue weighted by Crippen LogP contribution is 2.23. The van der Waals surface area contributed by atoms with E-state index in [2.05, 4.69) is 5.32 Å². The first-order valence-electron chi connectivity index (χ1n) is 6.43. The van der Waals surface area contributed by atoms with Crippen LogP contribution in [0.1, 0.15) is 29.8 Å². The molecule has 2 aromatic carbocycles. The van der Waals surface area contributed by atoms with Crippen LogP contribution in [0.15, 0.2) is 42.5 Å². The molecule has 0 aliphatic carbocycles. The van der Waals surface area contributed by atoms with E-state index in [0.717, 1.165) is 5.56 Å². The molecule has 0 bridgehead atoms. The third-order valence-corrected chi connectivity index (χ3v) is 3.59. The zero-order valence-corrected chi connectivity index (χ0v) is 12.5. The van der Waals surface area contributed by atoms with Gasteiger partial charge in [-0.3, -0.25) is 4.79 Å². The second-order valence-corrected chi connectivity index (χ2v) is 5.73. The molecule has 5 heteroatoms. The second kappa shape index (κ2) is 5.74. The fourth-order valence-electron chi connectivity index (χ4n) is 1.98. The Hall–Kier alpha value is -2.07. The standard InChI is InChI=1S/C16H16ClFN2O/c1-16(2,11-4-6-12(18)7-5-11)20-15(21)10-3-8-13(17)14(19)9-10/h3-9H,19H2,1-2H3,(H,20,21). The van der Waals surface area contributed by atoms with Gasteiger partial charge < -0.3 is 11.1 Å². The first-order valence-corrected chi connectivity index (χ1v) is 6.81. The SMILES string of the molecule is CC(C)(NC(=O)c1ccc(Cl)c(N)c1)c1ccc(F)cc1. The molecule has 0 unspecified atom stereocenters. The molecule has 21 heavy (non-hydrogen) atoms. The first-order chi connectivity index (χ1) is 9.79. The number of rotatable bonds is 3. The summed E-state index contributed by atoms with van der Waals surface area (Å²) in [6.07, 6.45) is 0. The fourth-order valence-corrected chi connectivity index (χ4v) is 2.10. The molecule has 0 spiro atoms. The molecule has 3 N–H and O–H groups in total. The molecule has 2 aromatic rings. The lowest BCUT2D eigenvalue weighted by molar-refractivity contribution is 0.0912. The van der Waals surface area contributed by atoms with Crippen LogP contribution in [0.3, 0.4) is 0 Å². The predicted octanol–water partition coefficient (Wildman–Crippen LogP) is 3.73. The number of nitrogens with two attached hydrogens (primary N) is 1. The van der Waals surface area contributed by atoms with Crippen LogP contribution in [0.4, 0.5) is 10.1 Å². The van der Waals surface area contributed by atoms with E-state index in [1.165, 1.54) is 18.2 Å². The number of benzene rings is 2. The van der Waals surface area contributed by atoms with Crippen LogP contribution in [-0.2, 0) is 5.54 Å². The fraction of sp³-hybridized carbons (Fsp3) is 0.188. The average molecular weight is 307 g/mol. The summed E-state index contributed by atoms with van der Waals surface area (Å²) in [6, 6.07) is 10.7. The Kier molecular flexibility index (Phi) is 4.19. The van der Waals surface area contributed by atoms with Crippen molar-refractivity contribution in [1.29, 1.82) is 0 Å². The number of halogens is 2. The van der Waals surface area contributed by atoms with E-state index in [9.17, 15) is 9.18 Å². The lowest BCUT2D eigenvalue weighted by Crippen LogP contribution is -2.41. The Morgan fingerprint density at radius 1 is 1.19 bits per heavy atom. The maximum Gasteiger partial charge on any atom is 0.252 e. The van der Waals surface area contributed by atoms with Gasteiger partial charge in [-0.2, -0.15) is 0 Å². The third-order valence-electron chi connectivity index (χ3n) is 3.25. The van der Waals surface area contributed by atoms with Crippen molar-refractivity contribution >= 4 is 23.2 Å². The van der Waals surface area contributed by atoms with Crippen molar-refractivity contribution in [2.24, 2.45) is 0 Å². The minimum absolute atomic E-state index is 0.271. The van der Waals surface area contributed by atoms with Gasteiger partial charge in [-0.1, -0.05) is 23.7 Å². The summed E-state index contributed by atoms with van der Waals surface area (Å²) in [5.74, 6) is -0.584. The monoisotopic (exact) mass is 306 g/mol. The molecule has 0 aromatic heterocycles. The molecule has 1 amide bonds. The number of carbonyl (C=O) groups is 1. The smallest absolute Gasteiger partial charge is 0.252 e. The molecule has 0 fully saturated rings. The van der Waals surface area contributed by atoms with Crippen LogP contribution in [0.5, 0.6) is 0 Å². The summed E-state index contributed by atoms with van der Waals surface area (Å²) in [5.41, 5.74) is 6.64. The Morgan fingerprint density at radius 3 is 2.38 bits per heavy atom.